The monoisotopic (exact) mass is 182 g/mol. The number of allylic oxidation sites excluding steroid dienone is 3. The lowest BCUT2D eigenvalue weighted by molar-refractivity contribution is 1.03. The van der Waals surface area contributed by atoms with Crippen LogP contribution in [0.1, 0.15) is 0 Å². The Morgan fingerprint density at radius 3 is 3.14 bits per heavy atom. The van der Waals surface area contributed by atoms with Gasteiger partial charge in [0.1, 0.15) is 0 Å². The van der Waals surface area contributed by atoms with Crippen molar-refractivity contribution in [2.75, 3.05) is 11.4 Å². The van der Waals surface area contributed by atoms with Crippen LogP contribution >= 0.6 is 0 Å². The molecule has 1 aromatic carbocycles. The highest BCUT2D eigenvalue weighted by atomic mass is 15.2. The van der Waals surface area contributed by atoms with Gasteiger partial charge in [0.15, 0.2) is 0 Å². The van der Waals surface area contributed by atoms with Gasteiger partial charge in [-0.3, -0.25) is 4.99 Å². The Morgan fingerprint density at radius 1 is 1.21 bits per heavy atom. The van der Waals surface area contributed by atoms with Crippen LogP contribution in [-0.2, 0) is 0 Å². The van der Waals surface area contributed by atoms with Crippen LogP contribution in [0.15, 0.2) is 53.2 Å². The molecule has 14 heavy (non-hydrogen) atoms. The van der Waals surface area contributed by atoms with Crippen LogP contribution in [0.2, 0.25) is 0 Å². The molecule has 2 aliphatic heterocycles. The van der Waals surface area contributed by atoms with Crippen LogP contribution in [0.3, 0.4) is 0 Å². The summed E-state index contributed by atoms with van der Waals surface area (Å²) >= 11 is 0. The van der Waals surface area contributed by atoms with Crippen molar-refractivity contribution in [3.8, 4) is 0 Å². The van der Waals surface area contributed by atoms with Crippen LogP contribution < -0.4 is 4.90 Å². The van der Waals surface area contributed by atoms with Gasteiger partial charge in [0.05, 0.1) is 23.3 Å². The molecule has 0 saturated carbocycles. The average Bonchev–Trinajstić information content (AvgIpc) is 2.29. The van der Waals surface area contributed by atoms with E-state index in [0.29, 0.717) is 0 Å². The molecular weight excluding hydrogens is 172 g/mol. The van der Waals surface area contributed by atoms with Gasteiger partial charge >= 0.3 is 0 Å². The Hall–Kier alpha value is -1.83. The minimum atomic E-state index is 0.939. The summed E-state index contributed by atoms with van der Waals surface area (Å²) in [5.74, 6) is 0. The minimum absolute atomic E-state index is 0.939. The SMILES string of the molecule is C1=CCN2C(=C1)C=Nc1ccccc12. The third kappa shape index (κ3) is 1.01. The summed E-state index contributed by atoms with van der Waals surface area (Å²) in [6.45, 7) is 0.939. The number of rotatable bonds is 0. The normalized spacial score (nSPS) is 17.4. The zero-order valence-corrected chi connectivity index (χ0v) is 7.72. The van der Waals surface area contributed by atoms with Crippen LogP contribution in [0.25, 0.3) is 0 Å². The van der Waals surface area contributed by atoms with Gasteiger partial charge in [-0.15, -0.1) is 0 Å². The molecule has 0 aliphatic carbocycles. The summed E-state index contributed by atoms with van der Waals surface area (Å²) in [4.78, 5) is 6.67. The zero-order valence-electron chi connectivity index (χ0n) is 7.72. The number of aliphatic imine (C=N–C) groups is 1. The molecule has 3 rings (SSSR count). The predicted octanol–water partition coefficient (Wildman–Crippen LogP) is 2.66. The van der Waals surface area contributed by atoms with Gasteiger partial charge in [0.25, 0.3) is 0 Å². The lowest BCUT2D eigenvalue weighted by atomic mass is 10.1. The second kappa shape index (κ2) is 2.84. The third-order valence-corrected chi connectivity index (χ3v) is 2.51. The number of nitrogens with zero attached hydrogens (tertiary/aromatic N) is 2. The molecule has 68 valence electrons. The lowest BCUT2D eigenvalue weighted by Gasteiger charge is -2.29. The molecule has 0 radical (unpaired) electrons. The number of benzene rings is 1. The molecule has 0 saturated heterocycles. The summed E-state index contributed by atoms with van der Waals surface area (Å²) < 4.78 is 0. The summed E-state index contributed by atoms with van der Waals surface area (Å²) in [5, 5.41) is 0. The molecule has 2 heterocycles. The molecule has 0 fully saturated rings. The van der Waals surface area contributed by atoms with Crippen molar-refractivity contribution in [2.45, 2.75) is 0 Å². The number of hydrogen-bond donors (Lipinski definition) is 0. The van der Waals surface area contributed by atoms with E-state index in [1.807, 2.05) is 18.3 Å². The van der Waals surface area contributed by atoms with Gasteiger partial charge in [-0.2, -0.15) is 0 Å². The van der Waals surface area contributed by atoms with Crippen molar-refractivity contribution in [3.63, 3.8) is 0 Å². The first-order valence-electron chi connectivity index (χ1n) is 4.72. The van der Waals surface area contributed by atoms with Crippen molar-refractivity contribution in [3.05, 3.63) is 48.2 Å². The van der Waals surface area contributed by atoms with Crippen molar-refractivity contribution < 1.29 is 0 Å². The van der Waals surface area contributed by atoms with E-state index in [0.717, 1.165) is 12.2 Å². The van der Waals surface area contributed by atoms with Gasteiger partial charge in [0.2, 0.25) is 0 Å². The van der Waals surface area contributed by atoms with Crippen LogP contribution in [0.5, 0.6) is 0 Å². The van der Waals surface area contributed by atoms with Crippen LogP contribution in [0, 0.1) is 0 Å². The molecule has 2 nitrogen and oxygen atoms in total. The molecule has 0 amide bonds. The number of para-hydroxylation sites is 2. The van der Waals surface area contributed by atoms with E-state index >= 15 is 0 Å². The quantitative estimate of drug-likeness (QED) is 0.602. The van der Waals surface area contributed by atoms with Crippen molar-refractivity contribution in [1.82, 2.24) is 0 Å². The molecule has 0 unspecified atom stereocenters. The van der Waals surface area contributed by atoms with Crippen molar-refractivity contribution >= 4 is 17.6 Å². The lowest BCUT2D eigenvalue weighted by Crippen LogP contribution is -2.27. The molecule has 2 aliphatic rings. The van der Waals surface area contributed by atoms with Gasteiger partial charge in [-0.05, 0) is 18.2 Å². The molecule has 2 heteroatoms. The molecular formula is C12H10N2. The highest BCUT2D eigenvalue weighted by molar-refractivity contribution is 5.94. The van der Waals surface area contributed by atoms with Gasteiger partial charge in [-0.25, -0.2) is 0 Å². The second-order valence-electron chi connectivity index (χ2n) is 3.38. The van der Waals surface area contributed by atoms with Crippen LogP contribution in [0.4, 0.5) is 11.4 Å². The van der Waals surface area contributed by atoms with Crippen molar-refractivity contribution in [1.29, 1.82) is 0 Å². The fourth-order valence-electron chi connectivity index (χ4n) is 1.82. The van der Waals surface area contributed by atoms with Gasteiger partial charge in [-0.1, -0.05) is 24.3 Å². The maximum Gasteiger partial charge on any atom is 0.0867 e. The molecule has 1 aromatic rings. The Kier molecular flexibility index (Phi) is 1.53. The predicted molar refractivity (Wildman–Crippen MR) is 59.2 cm³/mol. The van der Waals surface area contributed by atoms with E-state index in [4.69, 9.17) is 0 Å². The van der Waals surface area contributed by atoms with E-state index in [9.17, 15) is 0 Å². The Labute approximate surface area is 82.9 Å². The van der Waals surface area contributed by atoms with Gasteiger partial charge in [0, 0.05) is 6.54 Å². The maximum absolute atomic E-state index is 4.41. The Morgan fingerprint density at radius 2 is 2.14 bits per heavy atom. The maximum atomic E-state index is 4.41. The van der Waals surface area contributed by atoms with Gasteiger partial charge < -0.3 is 4.90 Å². The van der Waals surface area contributed by atoms with E-state index < -0.39 is 0 Å². The largest absolute Gasteiger partial charge is 0.335 e. The fraction of sp³-hybridized carbons (Fsp3) is 0.0833. The Bertz CT molecular complexity index is 455. The standard InChI is InChI=1S/C12H10N2/c1-2-7-12-11(6-1)13-9-10-5-3-4-8-14(10)12/h1-7,9H,8H2. The van der Waals surface area contributed by atoms with Crippen molar-refractivity contribution in [2.24, 2.45) is 4.99 Å². The number of hydrogen-bond acceptors (Lipinski definition) is 2. The number of anilines is 1. The third-order valence-electron chi connectivity index (χ3n) is 2.51. The first-order chi connectivity index (χ1) is 6.95. The fourth-order valence-corrected chi connectivity index (χ4v) is 1.82. The summed E-state index contributed by atoms with van der Waals surface area (Å²) in [5.41, 5.74) is 3.43. The second-order valence-corrected chi connectivity index (χ2v) is 3.38. The minimum Gasteiger partial charge on any atom is -0.335 e. The molecule has 0 spiro atoms. The van der Waals surface area contributed by atoms with Crippen LogP contribution in [-0.4, -0.2) is 12.8 Å². The highest BCUT2D eigenvalue weighted by Gasteiger charge is 2.17. The molecule has 0 N–H and O–H groups in total. The first-order valence-corrected chi connectivity index (χ1v) is 4.72. The zero-order chi connectivity index (χ0) is 9.38. The summed E-state index contributed by atoms with van der Waals surface area (Å²) in [7, 11) is 0. The molecule has 0 aromatic heterocycles. The van der Waals surface area contributed by atoms with E-state index in [2.05, 4.69) is 40.3 Å². The molecule has 0 bridgehead atoms. The van der Waals surface area contributed by atoms with E-state index in [1.165, 1.54) is 11.4 Å². The topological polar surface area (TPSA) is 15.6 Å². The summed E-state index contributed by atoms with van der Waals surface area (Å²) in [6, 6.07) is 8.22. The summed E-state index contributed by atoms with van der Waals surface area (Å²) in [6.07, 6.45) is 8.24. The number of fused-ring (bicyclic) bond motifs is 3. The van der Waals surface area contributed by atoms with E-state index in [1.54, 1.807) is 0 Å². The smallest absolute Gasteiger partial charge is 0.0867 e. The van der Waals surface area contributed by atoms with E-state index in [-0.39, 0.29) is 0 Å². The molecule has 0 atom stereocenters. The first kappa shape index (κ1) is 7.56. The highest BCUT2D eigenvalue weighted by Crippen LogP contribution is 2.34. The average molecular weight is 182 g/mol. The Balaban J connectivity index is 2.18.